The van der Waals surface area contributed by atoms with Crippen LogP contribution in [0.2, 0.25) is 5.82 Å². The summed E-state index contributed by atoms with van der Waals surface area (Å²) in [6.07, 6.45) is 11.8. The molecule has 1 amide bonds. The predicted molar refractivity (Wildman–Crippen MR) is 82.2 cm³/mol. The normalized spacial score (nSPS) is 19.3. The average Bonchev–Trinajstić information content (AvgIpc) is 2.37. The number of amides is 1. The van der Waals surface area contributed by atoms with Crippen LogP contribution in [0.15, 0.2) is 0 Å². The lowest BCUT2D eigenvalue weighted by Crippen LogP contribution is -2.43. The third-order valence-corrected chi connectivity index (χ3v) is 4.10. The molecule has 0 bridgehead atoms. The summed E-state index contributed by atoms with van der Waals surface area (Å²) in [5.41, 5.74) is 11.3. The number of carbonyl (C=O) groups is 1. The SMILES string of the molecule is NCCCCC(N)C(=O)NBC1CCCCCCC1. The minimum Gasteiger partial charge on any atom is -0.401 e. The van der Waals surface area contributed by atoms with Crippen molar-refractivity contribution in [2.75, 3.05) is 6.54 Å². The van der Waals surface area contributed by atoms with Crippen molar-refractivity contribution in [3.05, 3.63) is 0 Å². The van der Waals surface area contributed by atoms with Gasteiger partial charge in [0.25, 0.3) is 0 Å². The lowest BCUT2D eigenvalue weighted by molar-refractivity contribution is -0.120. The van der Waals surface area contributed by atoms with Crippen molar-refractivity contribution in [3.63, 3.8) is 0 Å². The molecule has 1 aliphatic carbocycles. The van der Waals surface area contributed by atoms with E-state index in [2.05, 4.69) is 5.23 Å². The summed E-state index contributed by atoms with van der Waals surface area (Å²) in [7, 11) is 0.809. The Labute approximate surface area is 118 Å². The predicted octanol–water partition coefficient (Wildman–Crippen LogP) is 1.44. The number of hydrogen-bond donors (Lipinski definition) is 3. The Balaban J connectivity index is 2.16. The van der Waals surface area contributed by atoms with E-state index in [0.29, 0.717) is 12.4 Å². The van der Waals surface area contributed by atoms with Gasteiger partial charge in [-0.05, 0) is 25.2 Å². The highest BCUT2D eigenvalue weighted by Gasteiger charge is 2.17. The van der Waals surface area contributed by atoms with Gasteiger partial charge < -0.3 is 16.7 Å². The van der Waals surface area contributed by atoms with E-state index in [1.165, 1.54) is 44.9 Å². The molecule has 5 N–H and O–H groups in total. The Morgan fingerprint density at radius 3 is 2.42 bits per heavy atom. The van der Waals surface area contributed by atoms with Crippen molar-refractivity contribution < 1.29 is 4.79 Å². The highest BCUT2D eigenvalue weighted by atomic mass is 16.1. The minimum atomic E-state index is -0.361. The summed E-state index contributed by atoms with van der Waals surface area (Å²) in [4.78, 5) is 11.9. The molecule has 0 aromatic rings. The molecule has 0 radical (unpaired) electrons. The van der Waals surface area contributed by atoms with Crippen molar-refractivity contribution in [2.45, 2.75) is 76.1 Å². The molecular formula is C14H30BN3O. The fourth-order valence-electron chi connectivity index (χ4n) is 2.76. The highest BCUT2D eigenvalue weighted by molar-refractivity contribution is 6.39. The summed E-state index contributed by atoms with van der Waals surface area (Å²) >= 11 is 0. The maximum absolute atomic E-state index is 11.9. The number of unbranched alkanes of at least 4 members (excludes halogenated alkanes) is 1. The van der Waals surface area contributed by atoms with Crippen molar-refractivity contribution in [3.8, 4) is 0 Å². The minimum absolute atomic E-state index is 0.0130. The van der Waals surface area contributed by atoms with Crippen LogP contribution in [0.3, 0.4) is 0 Å². The quantitative estimate of drug-likeness (QED) is 0.482. The zero-order chi connectivity index (χ0) is 13.9. The first-order valence-corrected chi connectivity index (χ1v) is 7.97. The molecule has 1 saturated carbocycles. The van der Waals surface area contributed by atoms with Crippen LogP contribution in [0.4, 0.5) is 0 Å². The maximum Gasteiger partial charge on any atom is 0.239 e. The molecule has 1 fully saturated rings. The monoisotopic (exact) mass is 267 g/mol. The fraction of sp³-hybridized carbons (Fsp3) is 0.929. The molecule has 0 spiro atoms. The van der Waals surface area contributed by atoms with Crippen LogP contribution < -0.4 is 16.7 Å². The Morgan fingerprint density at radius 1 is 1.16 bits per heavy atom. The number of carbonyl (C=O) groups excluding carboxylic acids is 1. The van der Waals surface area contributed by atoms with Crippen molar-refractivity contribution in [1.82, 2.24) is 5.23 Å². The molecule has 0 aliphatic heterocycles. The van der Waals surface area contributed by atoms with E-state index in [0.717, 1.165) is 26.7 Å². The second-order valence-corrected chi connectivity index (χ2v) is 5.85. The first-order chi connectivity index (χ1) is 9.24. The van der Waals surface area contributed by atoms with E-state index in [4.69, 9.17) is 11.5 Å². The molecule has 110 valence electrons. The first-order valence-electron chi connectivity index (χ1n) is 7.97. The van der Waals surface area contributed by atoms with Crippen molar-refractivity contribution in [2.24, 2.45) is 11.5 Å². The molecule has 19 heavy (non-hydrogen) atoms. The topological polar surface area (TPSA) is 81.1 Å². The Kier molecular flexibility index (Phi) is 8.92. The zero-order valence-corrected chi connectivity index (χ0v) is 12.2. The smallest absolute Gasteiger partial charge is 0.239 e. The molecule has 1 rings (SSSR count). The van der Waals surface area contributed by atoms with Gasteiger partial charge in [0.2, 0.25) is 13.3 Å². The Hall–Kier alpha value is -0.545. The lowest BCUT2D eigenvalue weighted by atomic mass is 9.68. The van der Waals surface area contributed by atoms with E-state index in [1.54, 1.807) is 0 Å². The number of rotatable bonds is 7. The molecular weight excluding hydrogens is 237 g/mol. The van der Waals surface area contributed by atoms with Gasteiger partial charge in [0, 0.05) is 0 Å². The van der Waals surface area contributed by atoms with Crippen molar-refractivity contribution in [1.29, 1.82) is 0 Å². The van der Waals surface area contributed by atoms with Gasteiger partial charge in [-0.3, -0.25) is 4.79 Å². The second-order valence-electron chi connectivity index (χ2n) is 5.85. The van der Waals surface area contributed by atoms with E-state index in [1.807, 2.05) is 0 Å². The van der Waals surface area contributed by atoms with Gasteiger partial charge >= 0.3 is 0 Å². The van der Waals surface area contributed by atoms with Gasteiger partial charge in [-0.15, -0.1) is 0 Å². The standard InChI is InChI=1S/C14H30BN3O/c16-11-7-6-10-13(17)14(19)18-15-12-8-4-2-1-3-5-9-12/h12-13,15H,1-11,16-17H2,(H,18,19). The summed E-state index contributed by atoms with van der Waals surface area (Å²) < 4.78 is 0. The summed E-state index contributed by atoms with van der Waals surface area (Å²) in [6.45, 7) is 0.677. The van der Waals surface area contributed by atoms with E-state index >= 15 is 0 Å². The van der Waals surface area contributed by atoms with Gasteiger partial charge in [-0.25, -0.2) is 0 Å². The lowest BCUT2D eigenvalue weighted by Gasteiger charge is -2.20. The Bertz CT molecular complexity index is 243. The average molecular weight is 267 g/mol. The van der Waals surface area contributed by atoms with E-state index < -0.39 is 0 Å². The third kappa shape index (κ3) is 7.58. The molecule has 0 aromatic heterocycles. The van der Waals surface area contributed by atoms with E-state index in [-0.39, 0.29) is 11.9 Å². The zero-order valence-electron chi connectivity index (χ0n) is 12.2. The first kappa shape index (κ1) is 16.5. The molecule has 1 atom stereocenters. The fourth-order valence-corrected chi connectivity index (χ4v) is 2.76. The van der Waals surface area contributed by atoms with Gasteiger partial charge in [0.15, 0.2) is 0 Å². The van der Waals surface area contributed by atoms with Gasteiger partial charge in [0.1, 0.15) is 0 Å². The van der Waals surface area contributed by atoms with Crippen LogP contribution in [0, 0.1) is 0 Å². The summed E-state index contributed by atoms with van der Waals surface area (Å²) in [6, 6.07) is -0.361. The van der Waals surface area contributed by atoms with Crippen LogP contribution in [0.1, 0.15) is 64.2 Å². The van der Waals surface area contributed by atoms with Crippen molar-refractivity contribution >= 4 is 13.3 Å². The van der Waals surface area contributed by atoms with Crippen LogP contribution in [0.5, 0.6) is 0 Å². The van der Waals surface area contributed by atoms with Gasteiger partial charge in [-0.1, -0.05) is 51.4 Å². The van der Waals surface area contributed by atoms with Crippen LogP contribution in [-0.4, -0.2) is 25.9 Å². The third-order valence-electron chi connectivity index (χ3n) is 4.10. The van der Waals surface area contributed by atoms with Gasteiger partial charge in [-0.2, -0.15) is 0 Å². The Morgan fingerprint density at radius 2 is 1.79 bits per heavy atom. The highest BCUT2D eigenvalue weighted by Crippen LogP contribution is 2.25. The molecule has 4 nitrogen and oxygen atoms in total. The molecule has 0 heterocycles. The maximum atomic E-state index is 11.9. The molecule has 5 heteroatoms. The largest absolute Gasteiger partial charge is 0.401 e. The molecule has 1 unspecified atom stereocenters. The molecule has 0 saturated heterocycles. The van der Waals surface area contributed by atoms with Crippen LogP contribution >= 0.6 is 0 Å². The molecule has 0 aromatic carbocycles. The molecule has 1 aliphatic rings. The summed E-state index contributed by atoms with van der Waals surface area (Å²) in [5, 5.41) is 3.03. The van der Waals surface area contributed by atoms with Gasteiger partial charge in [0.05, 0.1) is 6.04 Å². The van der Waals surface area contributed by atoms with E-state index in [9.17, 15) is 4.79 Å². The number of hydrogen-bond acceptors (Lipinski definition) is 3. The van der Waals surface area contributed by atoms with Crippen LogP contribution in [-0.2, 0) is 4.79 Å². The second kappa shape index (κ2) is 10.3. The number of nitrogens with two attached hydrogens (primary N) is 2. The summed E-state index contributed by atoms with van der Waals surface area (Å²) in [5.74, 6) is 0.666. The van der Waals surface area contributed by atoms with Crippen LogP contribution in [0.25, 0.3) is 0 Å². The number of nitrogens with one attached hydrogen (secondary N) is 1.